The first kappa shape index (κ1) is 20.3. The Morgan fingerprint density at radius 3 is 2.43 bits per heavy atom. The van der Waals surface area contributed by atoms with Gasteiger partial charge in [0, 0.05) is 7.05 Å². The van der Waals surface area contributed by atoms with Gasteiger partial charge in [0.05, 0.1) is 34.2 Å². The van der Waals surface area contributed by atoms with Gasteiger partial charge in [0.1, 0.15) is 10.8 Å². The van der Waals surface area contributed by atoms with E-state index in [2.05, 4.69) is 15.3 Å². The lowest BCUT2D eigenvalue weighted by Gasteiger charge is -2.27. The van der Waals surface area contributed by atoms with Crippen LogP contribution in [0.4, 0.5) is 13.2 Å². The number of benzene rings is 2. The third-order valence-electron chi connectivity index (χ3n) is 4.86. The molecule has 0 aliphatic rings. The largest absolute Gasteiger partial charge is 0.424 e. The first-order chi connectivity index (χ1) is 14.2. The monoisotopic (exact) mass is 434 g/mol. The van der Waals surface area contributed by atoms with E-state index in [1.807, 2.05) is 18.2 Å². The Kier molecular flexibility index (Phi) is 4.99. The second-order valence-electron chi connectivity index (χ2n) is 6.87. The standard InChI is InChI=1S/C20H17F3N4O2S/c1-27-14-8-4-2-6-12(14)25-16(27)11-24-17(28)10-19(29,20(21,22)23)18-26-13-7-3-5-9-15(13)30-18/h2-9,29H,10-11H2,1H3,(H,24,28). The molecule has 0 saturated carbocycles. The van der Waals surface area contributed by atoms with Crippen molar-refractivity contribution in [1.29, 1.82) is 0 Å². The minimum atomic E-state index is -5.07. The number of thiazole rings is 1. The SMILES string of the molecule is Cn1c(CNC(=O)CC(O)(c2nc3ccccc3s2)C(F)(F)F)nc2ccccc21. The molecule has 2 aromatic heterocycles. The van der Waals surface area contributed by atoms with E-state index in [-0.39, 0.29) is 6.54 Å². The van der Waals surface area contributed by atoms with E-state index in [1.165, 1.54) is 0 Å². The van der Waals surface area contributed by atoms with Crippen LogP contribution < -0.4 is 5.32 Å². The summed E-state index contributed by atoms with van der Waals surface area (Å²) in [5.41, 5.74) is -1.50. The normalized spacial score (nSPS) is 14.2. The van der Waals surface area contributed by atoms with Crippen molar-refractivity contribution in [3.05, 3.63) is 59.4 Å². The van der Waals surface area contributed by atoms with Crippen molar-refractivity contribution in [3.63, 3.8) is 0 Å². The minimum absolute atomic E-state index is 0.0716. The van der Waals surface area contributed by atoms with Gasteiger partial charge >= 0.3 is 6.18 Å². The van der Waals surface area contributed by atoms with Crippen molar-refractivity contribution in [1.82, 2.24) is 19.9 Å². The molecule has 156 valence electrons. The smallest absolute Gasteiger partial charge is 0.374 e. The summed E-state index contributed by atoms with van der Waals surface area (Å²) in [7, 11) is 1.75. The topological polar surface area (TPSA) is 80.0 Å². The van der Waals surface area contributed by atoms with Gasteiger partial charge in [-0.15, -0.1) is 11.3 Å². The molecular weight excluding hydrogens is 417 g/mol. The highest BCUT2D eigenvalue weighted by atomic mass is 32.1. The second kappa shape index (κ2) is 7.37. The Balaban J connectivity index is 1.55. The van der Waals surface area contributed by atoms with E-state index < -0.39 is 29.1 Å². The number of carbonyl (C=O) groups is 1. The van der Waals surface area contributed by atoms with Gasteiger partial charge in [-0.1, -0.05) is 24.3 Å². The number of carbonyl (C=O) groups excluding carboxylic acids is 1. The molecule has 0 aliphatic carbocycles. The van der Waals surface area contributed by atoms with E-state index in [0.29, 0.717) is 32.9 Å². The maximum Gasteiger partial charge on any atom is 0.424 e. The molecule has 1 atom stereocenters. The number of aromatic nitrogens is 3. The van der Waals surface area contributed by atoms with Crippen LogP contribution in [0.3, 0.4) is 0 Å². The van der Waals surface area contributed by atoms with Crippen LogP contribution in [0.5, 0.6) is 0 Å². The van der Waals surface area contributed by atoms with Crippen LogP contribution in [0.2, 0.25) is 0 Å². The van der Waals surface area contributed by atoms with E-state index in [1.54, 1.807) is 41.9 Å². The Morgan fingerprint density at radius 2 is 1.77 bits per heavy atom. The predicted octanol–water partition coefficient (Wildman–Crippen LogP) is 3.64. The number of aliphatic hydroxyl groups is 1. The van der Waals surface area contributed by atoms with Crippen LogP contribution in [-0.2, 0) is 24.0 Å². The van der Waals surface area contributed by atoms with Gasteiger partial charge in [-0.05, 0) is 24.3 Å². The van der Waals surface area contributed by atoms with Crippen molar-refractivity contribution in [2.45, 2.75) is 24.7 Å². The molecule has 2 heterocycles. The summed E-state index contributed by atoms with van der Waals surface area (Å²) < 4.78 is 43.5. The van der Waals surface area contributed by atoms with Crippen LogP contribution in [0.15, 0.2) is 48.5 Å². The predicted molar refractivity (Wildman–Crippen MR) is 107 cm³/mol. The summed E-state index contributed by atoms with van der Waals surface area (Å²) in [5, 5.41) is 12.4. The molecule has 30 heavy (non-hydrogen) atoms. The molecule has 0 bridgehead atoms. The van der Waals surface area contributed by atoms with Crippen LogP contribution in [0, 0.1) is 0 Å². The van der Waals surface area contributed by atoms with Crippen molar-refractivity contribution in [3.8, 4) is 0 Å². The van der Waals surface area contributed by atoms with Crippen molar-refractivity contribution in [2.24, 2.45) is 7.05 Å². The summed E-state index contributed by atoms with van der Waals surface area (Å²) in [6.45, 7) is -0.0716. The van der Waals surface area contributed by atoms with Gasteiger partial charge in [-0.25, -0.2) is 9.97 Å². The third kappa shape index (κ3) is 3.52. The fraction of sp³-hybridized carbons (Fsp3) is 0.250. The van der Waals surface area contributed by atoms with E-state index in [0.717, 1.165) is 5.52 Å². The summed E-state index contributed by atoms with van der Waals surface area (Å²) in [6.07, 6.45) is -6.27. The highest BCUT2D eigenvalue weighted by Crippen LogP contribution is 2.44. The van der Waals surface area contributed by atoms with Crippen molar-refractivity contribution < 1.29 is 23.1 Å². The summed E-state index contributed by atoms with van der Waals surface area (Å²) in [5.74, 6) is -0.471. The number of alkyl halides is 3. The molecule has 1 amide bonds. The van der Waals surface area contributed by atoms with Crippen molar-refractivity contribution in [2.75, 3.05) is 0 Å². The number of rotatable bonds is 5. The first-order valence-corrected chi connectivity index (χ1v) is 9.83. The zero-order valence-electron chi connectivity index (χ0n) is 15.8. The fourth-order valence-corrected chi connectivity index (χ4v) is 4.25. The number of aryl methyl sites for hydroxylation is 1. The molecular formula is C20H17F3N4O2S. The maximum atomic E-state index is 13.8. The summed E-state index contributed by atoms with van der Waals surface area (Å²) >= 11 is 0.715. The molecule has 0 fully saturated rings. The number of hydrogen-bond acceptors (Lipinski definition) is 5. The van der Waals surface area contributed by atoms with Gasteiger partial charge in [-0.3, -0.25) is 4.79 Å². The summed E-state index contributed by atoms with van der Waals surface area (Å²) in [6, 6.07) is 13.8. The number of halogens is 3. The number of fused-ring (bicyclic) bond motifs is 2. The Morgan fingerprint density at radius 1 is 1.10 bits per heavy atom. The number of para-hydroxylation sites is 3. The van der Waals surface area contributed by atoms with E-state index in [4.69, 9.17) is 0 Å². The molecule has 6 nitrogen and oxygen atoms in total. The lowest BCUT2D eigenvalue weighted by Crippen LogP contribution is -2.46. The van der Waals surface area contributed by atoms with Crippen LogP contribution in [0.1, 0.15) is 17.3 Å². The van der Waals surface area contributed by atoms with E-state index >= 15 is 0 Å². The Labute approximate surface area is 173 Å². The minimum Gasteiger partial charge on any atom is -0.374 e. The fourth-order valence-electron chi connectivity index (χ4n) is 3.17. The number of imidazole rings is 1. The second-order valence-corrected chi connectivity index (χ2v) is 7.90. The van der Waals surface area contributed by atoms with Crippen LogP contribution >= 0.6 is 11.3 Å². The van der Waals surface area contributed by atoms with Gasteiger partial charge in [0.15, 0.2) is 0 Å². The zero-order chi connectivity index (χ0) is 21.5. The number of nitrogens with one attached hydrogen (secondary N) is 1. The lowest BCUT2D eigenvalue weighted by atomic mass is 9.99. The maximum absolute atomic E-state index is 13.8. The molecule has 2 aromatic carbocycles. The quantitative estimate of drug-likeness (QED) is 0.503. The number of hydrogen-bond donors (Lipinski definition) is 2. The molecule has 0 radical (unpaired) electrons. The Hall–Kier alpha value is -2.98. The highest BCUT2D eigenvalue weighted by molar-refractivity contribution is 7.18. The lowest BCUT2D eigenvalue weighted by molar-refractivity contribution is -0.267. The van der Waals surface area contributed by atoms with Gasteiger partial charge in [-0.2, -0.15) is 13.2 Å². The number of amides is 1. The molecule has 4 aromatic rings. The van der Waals surface area contributed by atoms with Gasteiger partial charge in [0.25, 0.3) is 0 Å². The molecule has 4 rings (SSSR count). The molecule has 0 spiro atoms. The molecule has 10 heteroatoms. The molecule has 2 N–H and O–H groups in total. The van der Waals surface area contributed by atoms with Gasteiger partial charge < -0.3 is 15.0 Å². The van der Waals surface area contributed by atoms with Crippen LogP contribution in [0.25, 0.3) is 21.3 Å². The molecule has 0 aliphatic heterocycles. The van der Waals surface area contributed by atoms with Crippen LogP contribution in [-0.4, -0.2) is 31.7 Å². The first-order valence-electron chi connectivity index (χ1n) is 9.01. The van der Waals surface area contributed by atoms with E-state index in [9.17, 15) is 23.1 Å². The highest BCUT2D eigenvalue weighted by Gasteiger charge is 2.58. The average Bonchev–Trinajstić information content (AvgIpc) is 3.27. The molecule has 1 unspecified atom stereocenters. The molecule has 0 saturated heterocycles. The van der Waals surface area contributed by atoms with Crippen molar-refractivity contribution >= 4 is 38.5 Å². The zero-order valence-corrected chi connectivity index (χ0v) is 16.6. The third-order valence-corrected chi connectivity index (χ3v) is 6.04. The summed E-state index contributed by atoms with van der Waals surface area (Å²) in [4.78, 5) is 20.6. The average molecular weight is 434 g/mol. The number of nitrogens with zero attached hydrogens (tertiary/aromatic N) is 3. The van der Waals surface area contributed by atoms with Gasteiger partial charge in [0.2, 0.25) is 11.5 Å². The Bertz CT molecular complexity index is 1200.